The van der Waals surface area contributed by atoms with Crippen molar-refractivity contribution in [2.45, 2.75) is 13.3 Å². The van der Waals surface area contributed by atoms with E-state index >= 15 is 0 Å². The first-order valence-corrected chi connectivity index (χ1v) is 5.80. The van der Waals surface area contributed by atoms with Crippen LogP contribution in [0.1, 0.15) is 23.7 Å². The number of carbonyl (C=O) groups is 1. The molecule has 1 aromatic heterocycles. The van der Waals surface area contributed by atoms with E-state index in [0.717, 1.165) is 0 Å². The zero-order valence-corrected chi connectivity index (χ0v) is 10.7. The first kappa shape index (κ1) is 14.2. The maximum atomic E-state index is 12.2. The molecular formula is C11H14ClN5O. The van der Waals surface area contributed by atoms with Crippen LogP contribution in [-0.4, -0.2) is 28.9 Å². The standard InChI is InChI=1S/C11H14ClN5O/c1-2-17(5-3-4-13)11(18)8-6-9(12)15-10(7-8)16-14/h6-7H,2-3,5,14H2,1H3,(H,15,16). The fraction of sp³-hybridized carbons (Fsp3) is 0.364. The molecule has 3 N–H and O–H groups in total. The molecule has 0 aliphatic carbocycles. The van der Waals surface area contributed by atoms with Gasteiger partial charge in [0.15, 0.2) is 0 Å². The van der Waals surface area contributed by atoms with E-state index in [-0.39, 0.29) is 11.1 Å². The van der Waals surface area contributed by atoms with Crippen molar-refractivity contribution in [1.29, 1.82) is 5.26 Å². The zero-order chi connectivity index (χ0) is 13.5. The summed E-state index contributed by atoms with van der Waals surface area (Å²) < 4.78 is 0. The molecule has 96 valence electrons. The van der Waals surface area contributed by atoms with Gasteiger partial charge in [0.1, 0.15) is 11.0 Å². The van der Waals surface area contributed by atoms with Crippen LogP contribution in [0.4, 0.5) is 5.82 Å². The third-order valence-electron chi connectivity index (χ3n) is 2.35. The zero-order valence-electron chi connectivity index (χ0n) is 9.98. The van der Waals surface area contributed by atoms with E-state index in [1.165, 1.54) is 12.1 Å². The second kappa shape index (κ2) is 6.79. The Morgan fingerprint density at radius 2 is 2.39 bits per heavy atom. The lowest BCUT2D eigenvalue weighted by molar-refractivity contribution is 0.0767. The molecule has 0 unspecified atom stereocenters. The Morgan fingerprint density at radius 1 is 1.67 bits per heavy atom. The molecule has 0 aliphatic heterocycles. The average Bonchev–Trinajstić information content (AvgIpc) is 2.38. The molecule has 0 saturated heterocycles. The SMILES string of the molecule is CCN(CCC#N)C(=O)c1cc(Cl)nc(NN)c1. The smallest absolute Gasteiger partial charge is 0.254 e. The number of nitrogens with zero attached hydrogens (tertiary/aromatic N) is 3. The van der Waals surface area contributed by atoms with Crippen LogP contribution >= 0.6 is 11.6 Å². The van der Waals surface area contributed by atoms with Crippen molar-refractivity contribution in [1.82, 2.24) is 9.88 Å². The van der Waals surface area contributed by atoms with Crippen molar-refractivity contribution in [3.8, 4) is 6.07 Å². The van der Waals surface area contributed by atoms with E-state index in [9.17, 15) is 4.79 Å². The summed E-state index contributed by atoms with van der Waals surface area (Å²) in [5, 5.41) is 8.73. The molecule has 0 saturated carbocycles. The van der Waals surface area contributed by atoms with Crippen molar-refractivity contribution in [3.63, 3.8) is 0 Å². The second-order valence-electron chi connectivity index (χ2n) is 3.50. The number of pyridine rings is 1. The maximum Gasteiger partial charge on any atom is 0.254 e. The maximum absolute atomic E-state index is 12.2. The topological polar surface area (TPSA) is 95.0 Å². The van der Waals surface area contributed by atoms with Gasteiger partial charge in [-0.2, -0.15) is 5.26 Å². The number of nitriles is 1. The van der Waals surface area contributed by atoms with E-state index in [1.807, 2.05) is 13.0 Å². The lowest BCUT2D eigenvalue weighted by Gasteiger charge is -2.19. The highest BCUT2D eigenvalue weighted by molar-refractivity contribution is 6.29. The van der Waals surface area contributed by atoms with Crippen molar-refractivity contribution >= 4 is 23.3 Å². The van der Waals surface area contributed by atoms with Gasteiger partial charge in [-0.3, -0.25) is 4.79 Å². The summed E-state index contributed by atoms with van der Waals surface area (Å²) >= 11 is 5.80. The van der Waals surface area contributed by atoms with Crippen molar-refractivity contribution in [2.75, 3.05) is 18.5 Å². The summed E-state index contributed by atoms with van der Waals surface area (Å²) in [4.78, 5) is 17.6. The summed E-state index contributed by atoms with van der Waals surface area (Å²) in [7, 11) is 0. The Morgan fingerprint density at radius 3 is 2.94 bits per heavy atom. The Hall–Kier alpha value is -1.84. The number of nitrogen functional groups attached to an aromatic ring is 1. The molecule has 1 heterocycles. The number of anilines is 1. The highest BCUT2D eigenvalue weighted by atomic mass is 35.5. The molecule has 6 nitrogen and oxygen atoms in total. The van der Waals surface area contributed by atoms with Crippen LogP contribution in [0.2, 0.25) is 5.15 Å². The number of hydrazine groups is 1. The number of hydrogen-bond donors (Lipinski definition) is 2. The fourth-order valence-corrected chi connectivity index (χ4v) is 1.67. The van der Waals surface area contributed by atoms with Gasteiger partial charge in [0.25, 0.3) is 5.91 Å². The van der Waals surface area contributed by atoms with E-state index in [2.05, 4.69) is 10.4 Å². The summed E-state index contributed by atoms with van der Waals surface area (Å²) in [6.07, 6.45) is 0.292. The van der Waals surface area contributed by atoms with E-state index in [0.29, 0.717) is 30.9 Å². The van der Waals surface area contributed by atoms with Gasteiger partial charge in [-0.15, -0.1) is 0 Å². The first-order chi connectivity index (χ1) is 8.62. The minimum Gasteiger partial charge on any atom is -0.338 e. The summed E-state index contributed by atoms with van der Waals surface area (Å²) in [6, 6.07) is 5.00. The highest BCUT2D eigenvalue weighted by Gasteiger charge is 2.15. The molecule has 1 amide bonds. The highest BCUT2D eigenvalue weighted by Crippen LogP contribution is 2.15. The van der Waals surface area contributed by atoms with Gasteiger partial charge in [-0.1, -0.05) is 11.6 Å². The largest absolute Gasteiger partial charge is 0.338 e. The molecule has 0 bridgehead atoms. The molecule has 0 aromatic carbocycles. The molecule has 1 aromatic rings. The second-order valence-corrected chi connectivity index (χ2v) is 3.89. The number of nitrogens with two attached hydrogens (primary N) is 1. The van der Waals surface area contributed by atoms with Crippen molar-refractivity contribution in [3.05, 3.63) is 22.8 Å². The number of hydrogen-bond acceptors (Lipinski definition) is 5. The molecule has 0 radical (unpaired) electrons. The van der Waals surface area contributed by atoms with Crippen molar-refractivity contribution < 1.29 is 4.79 Å². The lowest BCUT2D eigenvalue weighted by atomic mass is 10.2. The summed E-state index contributed by atoms with van der Waals surface area (Å²) in [5.74, 6) is 5.36. The number of halogens is 1. The van der Waals surface area contributed by atoms with Crippen LogP contribution in [0.15, 0.2) is 12.1 Å². The van der Waals surface area contributed by atoms with Gasteiger partial charge in [0.2, 0.25) is 0 Å². The van der Waals surface area contributed by atoms with Crippen LogP contribution in [0, 0.1) is 11.3 Å². The van der Waals surface area contributed by atoms with Gasteiger partial charge < -0.3 is 10.3 Å². The Balaban J connectivity index is 2.94. The van der Waals surface area contributed by atoms with E-state index in [1.54, 1.807) is 4.90 Å². The number of amides is 1. The average molecular weight is 268 g/mol. The van der Waals surface area contributed by atoms with E-state index in [4.69, 9.17) is 22.7 Å². The lowest BCUT2D eigenvalue weighted by Crippen LogP contribution is -2.31. The molecular weight excluding hydrogens is 254 g/mol. The van der Waals surface area contributed by atoms with Crippen LogP contribution in [-0.2, 0) is 0 Å². The van der Waals surface area contributed by atoms with Crippen molar-refractivity contribution in [2.24, 2.45) is 5.84 Å². The predicted octanol–water partition coefficient (Wildman–Crippen LogP) is 1.40. The minimum atomic E-state index is -0.200. The van der Waals surface area contributed by atoms with Gasteiger partial charge in [-0.05, 0) is 19.1 Å². The third-order valence-corrected chi connectivity index (χ3v) is 2.55. The molecule has 0 aliphatic rings. The number of nitrogens with one attached hydrogen (secondary N) is 1. The molecule has 7 heteroatoms. The Bertz CT molecular complexity index is 471. The van der Waals surface area contributed by atoms with Crippen LogP contribution in [0.25, 0.3) is 0 Å². The number of carbonyl (C=O) groups excluding carboxylic acids is 1. The minimum absolute atomic E-state index is 0.185. The van der Waals surface area contributed by atoms with Crippen LogP contribution in [0.3, 0.4) is 0 Å². The van der Waals surface area contributed by atoms with Crippen LogP contribution < -0.4 is 11.3 Å². The molecule has 0 fully saturated rings. The van der Waals surface area contributed by atoms with Gasteiger partial charge in [-0.25, -0.2) is 10.8 Å². The monoisotopic (exact) mass is 267 g/mol. The molecule has 0 spiro atoms. The summed E-state index contributed by atoms with van der Waals surface area (Å²) in [6.45, 7) is 2.75. The quantitative estimate of drug-likeness (QED) is 0.478. The first-order valence-electron chi connectivity index (χ1n) is 5.42. The summed E-state index contributed by atoms with van der Waals surface area (Å²) in [5.41, 5.74) is 2.74. The fourth-order valence-electron chi connectivity index (χ4n) is 1.47. The number of aromatic nitrogens is 1. The van der Waals surface area contributed by atoms with Crippen LogP contribution in [0.5, 0.6) is 0 Å². The van der Waals surface area contributed by atoms with Gasteiger partial charge in [0, 0.05) is 18.7 Å². The van der Waals surface area contributed by atoms with Gasteiger partial charge in [0.05, 0.1) is 12.5 Å². The third kappa shape index (κ3) is 3.58. The van der Waals surface area contributed by atoms with Gasteiger partial charge >= 0.3 is 0 Å². The Kier molecular flexibility index (Phi) is 5.36. The Labute approximate surface area is 110 Å². The number of rotatable bonds is 5. The molecule has 18 heavy (non-hydrogen) atoms. The molecule has 0 atom stereocenters. The molecule has 1 rings (SSSR count). The van der Waals surface area contributed by atoms with E-state index < -0.39 is 0 Å². The predicted molar refractivity (Wildman–Crippen MR) is 68.9 cm³/mol. The normalized spacial score (nSPS) is 9.67.